The van der Waals surface area contributed by atoms with Gasteiger partial charge in [-0.25, -0.2) is 4.39 Å². The molecule has 4 nitrogen and oxygen atoms in total. The van der Waals surface area contributed by atoms with Crippen LogP contribution in [0.5, 0.6) is 0 Å². The van der Waals surface area contributed by atoms with Crippen LogP contribution in [0, 0.1) is 26.6 Å². The van der Waals surface area contributed by atoms with E-state index in [-0.39, 0.29) is 12.2 Å². The lowest BCUT2D eigenvalue weighted by atomic mass is 10.0. The van der Waals surface area contributed by atoms with Gasteiger partial charge in [-0.2, -0.15) is 0 Å². The first-order chi connectivity index (χ1) is 11.8. The summed E-state index contributed by atoms with van der Waals surface area (Å²) in [6.45, 7) is 5.73. The highest BCUT2D eigenvalue weighted by molar-refractivity contribution is 5.96. The third kappa shape index (κ3) is 3.45. The van der Waals surface area contributed by atoms with Gasteiger partial charge in [-0.15, -0.1) is 0 Å². The molecule has 0 bridgehead atoms. The fraction of sp³-hybridized carbons (Fsp3) is 0.200. The minimum atomic E-state index is -0.954. The summed E-state index contributed by atoms with van der Waals surface area (Å²) in [6, 6.07) is 10.3. The van der Waals surface area contributed by atoms with Crippen molar-refractivity contribution in [1.29, 1.82) is 0 Å². The number of carbonyl (C=O) groups is 1. The van der Waals surface area contributed by atoms with E-state index in [1.165, 1.54) is 12.1 Å². The monoisotopic (exact) mass is 338 g/mol. The van der Waals surface area contributed by atoms with Crippen molar-refractivity contribution in [2.75, 3.05) is 5.32 Å². The number of rotatable bonds is 4. The molecule has 0 spiro atoms. The molecule has 0 saturated carbocycles. The van der Waals surface area contributed by atoms with Crippen LogP contribution in [-0.2, 0) is 11.2 Å². The number of hydrogen-bond acceptors (Lipinski definition) is 3. The highest BCUT2D eigenvalue weighted by atomic mass is 19.1. The predicted molar refractivity (Wildman–Crippen MR) is 97.0 cm³/mol. The summed E-state index contributed by atoms with van der Waals surface area (Å²) in [5.41, 5.74) is 5.36. The lowest BCUT2D eigenvalue weighted by Gasteiger charge is -2.18. The number of nitrogens with zero attached hydrogens (tertiary/aromatic N) is 1. The minimum Gasteiger partial charge on any atom is -0.481 e. The van der Waals surface area contributed by atoms with E-state index in [9.17, 15) is 14.3 Å². The maximum atomic E-state index is 13.8. The standard InChI is InChI=1S/C20H19FN2O2/c1-11-4-5-12(2)18(8-11)23-20-15(10-19(24)25)13(3)22-17-7-6-14(21)9-16(17)20/h4-9H,10H2,1-3H3,(H,22,23)(H,24,25). The number of aliphatic carboxylic acids is 1. The van der Waals surface area contributed by atoms with Gasteiger partial charge in [-0.05, 0) is 56.2 Å². The number of anilines is 2. The number of fused-ring (bicyclic) bond motifs is 1. The lowest BCUT2D eigenvalue weighted by molar-refractivity contribution is -0.136. The van der Waals surface area contributed by atoms with Gasteiger partial charge in [0.15, 0.2) is 0 Å². The second-order valence-corrected chi connectivity index (χ2v) is 6.23. The van der Waals surface area contributed by atoms with Crippen LogP contribution in [0.4, 0.5) is 15.8 Å². The maximum Gasteiger partial charge on any atom is 0.307 e. The molecule has 0 unspecified atom stereocenters. The zero-order chi connectivity index (χ0) is 18.1. The topological polar surface area (TPSA) is 62.2 Å². The number of halogens is 1. The molecule has 0 atom stereocenters. The maximum absolute atomic E-state index is 13.8. The predicted octanol–water partition coefficient (Wildman–Crippen LogP) is 4.67. The number of aryl methyl sites for hydroxylation is 3. The SMILES string of the molecule is Cc1ccc(C)c(Nc2c(CC(=O)O)c(C)nc3ccc(F)cc23)c1. The summed E-state index contributed by atoms with van der Waals surface area (Å²) in [4.78, 5) is 15.8. The number of benzene rings is 2. The van der Waals surface area contributed by atoms with Gasteiger partial charge in [0.1, 0.15) is 5.82 Å². The molecule has 2 aromatic carbocycles. The Hall–Kier alpha value is -2.95. The number of aromatic nitrogens is 1. The largest absolute Gasteiger partial charge is 0.481 e. The third-order valence-electron chi connectivity index (χ3n) is 4.24. The van der Waals surface area contributed by atoms with E-state index >= 15 is 0 Å². The molecule has 5 heteroatoms. The Bertz CT molecular complexity index is 983. The molecule has 1 heterocycles. The van der Waals surface area contributed by atoms with E-state index in [1.807, 2.05) is 32.0 Å². The van der Waals surface area contributed by atoms with Crippen LogP contribution in [0.2, 0.25) is 0 Å². The minimum absolute atomic E-state index is 0.182. The van der Waals surface area contributed by atoms with Gasteiger partial charge < -0.3 is 10.4 Å². The Balaban J connectivity index is 2.26. The van der Waals surface area contributed by atoms with Crippen molar-refractivity contribution in [3.8, 4) is 0 Å². The smallest absolute Gasteiger partial charge is 0.307 e. The van der Waals surface area contributed by atoms with Gasteiger partial charge >= 0.3 is 5.97 Å². The van der Waals surface area contributed by atoms with E-state index < -0.39 is 5.97 Å². The molecule has 0 saturated heterocycles. The molecule has 1 aromatic heterocycles. The van der Waals surface area contributed by atoms with Crippen molar-refractivity contribution in [3.63, 3.8) is 0 Å². The molecule has 0 amide bonds. The van der Waals surface area contributed by atoms with Crippen LogP contribution in [0.1, 0.15) is 22.4 Å². The van der Waals surface area contributed by atoms with Gasteiger partial charge in [0.2, 0.25) is 0 Å². The van der Waals surface area contributed by atoms with Crippen molar-refractivity contribution < 1.29 is 14.3 Å². The second-order valence-electron chi connectivity index (χ2n) is 6.23. The van der Waals surface area contributed by atoms with E-state index in [0.29, 0.717) is 27.8 Å². The highest BCUT2D eigenvalue weighted by Gasteiger charge is 2.17. The van der Waals surface area contributed by atoms with Crippen LogP contribution in [0.3, 0.4) is 0 Å². The van der Waals surface area contributed by atoms with Crippen LogP contribution in [0.25, 0.3) is 10.9 Å². The summed E-state index contributed by atoms with van der Waals surface area (Å²) in [6.07, 6.45) is -0.182. The molecular weight excluding hydrogens is 319 g/mol. The zero-order valence-corrected chi connectivity index (χ0v) is 14.4. The molecule has 3 rings (SSSR count). The van der Waals surface area contributed by atoms with E-state index in [4.69, 9.17) is 0 Å². The van der Waals surface area contributed by atoms with E-state index in [0.717, 1.165) is 16.8 Å². The number of nitrogens with one attached hydrogen (secondary N) is 1. The average molecular weight is 338 g/mol. The molecule has 0 fully saturated rings. The molecule has 3 aromatic rings. The number of pyridine rings is 1. The van der Waals surface area contributed by atoms with Crippen LogP contribution < -0.4 is 5.32 Å². The van der Waals surface area contributed by atoms with Crippen molar-refractivity contribution in [2.45, 2.75) is 27.2 Å². The first-order valence-corrected chi connectivity index (χ1v) is 8.00. The Kier molecular flexibility index (Phi) is 4.40. The van der Waals surface area contributed by atoms with Gasteiger partial charge in [0.05, 0.1) is 17.6 Å². The first-order valence-electron chi connectivity index (χ1n) is 8.00. The summed E-state index contributed by atoms with van der Waals surface area (Å²) in [5.74, 6) is -1.34. The molecule has 0 aliphatic heterocycles. The molecular formula is C20H19FN2O2. The molecule has 25 heavy (non-hydrogen) atoms. The van der Waals surface area contributed by atoms with E-state index in [2.05, 4.69) is 10.3 Å². The zero-order valence-electron chi connectivity index (χ0n) is 14.4. The second kappa shape index (κ2) is 6.51. The summed E-state index contributed by atoms with van der Waals surface area (Å²) < 4.78 is 13.8. The average Bonchev–Trinajstić information content (AvgIpc) is 2.54. The first kappa shape index (κ1) is 16.9. The molecule has 0 radical (unpaired) electrons. The van der Waals surface area contributed by atoms with Crippen molar-refractivity contribution in [3.05, 3.63) is 64.6 Å². The Labute approximate surface area is 145 Å². The third-order valence-corrected chi connectivity index (χ3v) is 4.24. The normalized spacial score (nSPS) is 10.9. The quantitative estimate of drug-likeness (QED) is 0.726. The van der Waals surface area contributed by atoms with Crippen LogP contribution in [-0.4, -0.2) is 16.1 Å². The Morgan fingerprint density at radius 1 is 1.16 bits per heavy atom. The van der Waals surface area contributed by atoms with Crippen molar-refractivity contribution in [2.24, 2.45) is 0 Å². The van der Waals surface area contributed by atoms with Crippen molar-refractivity contribution >= 4 is 28.2 Å². The van der Waals surface area contributed by atoms with Crippen LogP contribution >= 0.6 is 0 Å². The number of carboxylic acids is 1. The molecule has 2 N–H and O–H groups in total. The van der Waals surface area contributed by atoms with Crippen molar-refractivity contribution in [1.82, 2.24) is 4.98 Å². The summed E-state index contributed by atoms with van der Waals surface area (Å²) in [7, 11) is 0. The lowest BCUT2D eigenvalue weighted by Crippen LogP contribution is -2.08. The molecule has 0 aliphatic rings. The van der Waals surface area contributed by atoms with Gasteiger partial charge in [-0.3, -0.25) is 9.78 Å². The van der Waals surface area contributed by atoms with Gasteiger partial charge in [-0.1, -0.05) is 12.1 Å². The molecule has 128 valence electrons. The number of carboxylic acid groups (broad SMARTS) is 1. The molecule has 0 aliphatic carbocycles. The summed E-state index contributed by atoms with van der Waals surface area (Å²) in [5, 5.41) is 13.2. The van der Waals surface area contributed by atoms with Gasteiger partial charge in [0, 0.05) is 22.3 Å². The fourth-order valence-corrected chi connectivity index (χ4v) is 2.91. The van der Waals surface area contributed by atoms with Gasteiger partial charge in [0.25, 0.3) is 0 Å². The fourth-order valence-electron chi connectivity index (χ4n) is 2.91. The Morgan fingerprint density at radius 2 is 1.92 bits per heavy atom. The van der Waals surface area contributed by atoms with E-state index in [1.54, 1.807) is 13.0 Å². The number of hydrogen-bond donors (Lipinski definition) is 2. The highest BCUT2D eigenvalue weighted by Crippen LogP contribution is 2.33. The summed E-state index contributed by atoms with van der Waals surface area (Å²) >= 11 is 0. The van der Waals surface area contributed by atoms with Crippen LogP contribution in [0.15, 0.2) is 36.4 Å². The Morgan fingerprint density at radius 3 is 2.64 bits per heavy atom.